The molecule has 21 heavy (non-hydrogen) atoms. The first-order chi connectivity index (χ1) is 10.1. The van der Waals surface area contributed by atoms with Crippen LogP contribution in [-0.4, -0.2) is 33.2 Å². The largest absolute Gasteiger partial charge is 0.496 e. The smallest absolute Gasteiger partial charge is 0.216 e. The number of amides is 1. The molecular weight excluding hydrogens is 268 g/mol. The van der Waals surface area contributed by atoms with Crippen molar-refractivity contribution in [3.63, 3.8) is 0 Å². The van der Waals surface area contributed by atoms with Gasteiger partial charge in [-0.05, 0) is 24.6 Å². The Labute approximate surface area is 128 Å². The van der Waals surface area contributed by atoms with Gasteiger partial charge in [0.2, 0.25) is 5.91 Å². The van der Waals surface area contributed by atoms with Crippen molar-refractivity contribution >= 4 is 5.91 Å². The summed E-state index contributed by atoms with van der Waals surface area (Å²) in [5.74, 6) is 1.60. The van der Waals surface area contributed by atoms with Gasteiger partial charge in [-0.25, -0.2) is 0 Å². The number of rotatable bonds is 7. The summed E-state index contributed by atoms with van der Waals surface area (Å²) in [5.41, 5.74) is 2.08. The number of ether oxygens (including phenoxy) is 2. The molecule has 2 N–H and O–H groups in total. The topological polar surface area (TPSA) is 59.6 Å². The molecule has 0 radical (unpaired) electrons. The van der Waals surface area contributed by atoms with E-state index in [4.69, 9.17) is 9.47 Å². The lowest BCUT2D eigenvalue weighted by molar-refractivity contribution is -0.118. The molecule has 0 saturated carbocycles. The summed E-state index contributed by atoms with van der Waals surface area (Å²) >= 11 is 0. The lowest BCUT2D eigenvalue weighted by atomic mass is 10.1. The molecule has 1 rings (SSSR count). The molecule has 0 spiro atoms. The lowest BCUT2D eigenvalue weighted by Gasteiger charge is -2.15. The van der Waals surface area contributed by atoms with E-state index >= 15 is 0 Å². The van der Waals surface area contributed by atoms with E-state index in [9.17, 15) is 4.79 Å². The molecule has 0 unspecified atom stereocenters. The average Bonchev–Trinajstić information content (AvgIpc) is 2.49. The standard InChI is InChI=1S/C14H22N2O3.C2H6/c1-10-7-13(18-3)12(14(8-10)19-4)9-15-5-6-16-11(2)17;1-2/h7-8,15H,5-6,9H2,1-4H3,(H,16,17);1-2H3. The van der Waals surface area contributed by atoms with E-state index in [0.717, 1.165) is 22.6 Å². The van der Waals surface area contributed by atoms with Crippen LogP contribution in [0.3, 0.4) is 0 Å². The first-order valence-corrected chi connectivity index (χ1v) is 7.25. The Kier molecular flexibility index (Phi) is 10.1. The van der Waals surface area contributed by atoms with Gasteiger partial charge in [-0.1, -0.05) is 13.8 Å². The van der Waals surface area contributed by atoms with Crippen LogP contribution >= 0.6 is 0 Å². The minimum absolute atomic E-state index is 0.0210. The molecule has 5 nitrogen and oxygen atoms in total. The van der Waals surface area contributed by atoms with Crippen molar-refractivity contribution < 1.29 is 14.3 Å². The molecule has 0 aromatic heterocycles. The predicted octanol–water partition coefficient (Wildman–Crippen LogP) is 2.26. The van der Waals surface area contributed by atoms with Crippen molar-refractivity contribution in [2.75, 3.05) is 27.3 Å². The second kappa shape index (κ2) is 11.0. The Balaban J connectivity index is 0.00000191. The predicted molar refractivity (Wildman–Crippen MR) is 86.0 cm³/mol. The molecule has 1 aromatic carbocycles. The third-order valence-corrected chi connectivity index (χ3v) is 2.73. The fraction of sp³-hybridized carbons (Fsp3) is 0.562. The number of hydrogen-bond acceptors (Lipinski definition) is 4. The summed E-state index contributed by atoms with van der Waals surface area (Å²) in [4.78, 5) is 10.7. The third-order valence-electron chi connectivity index (χ3n) is 2.73. The van der Waals surface area contributed by atoms with Gasteiger partial charge in [-0.3, -0.25) is 4.79 Å². The van der Waals surface area contributed by atoms with E-state index in [2.05, 4.69) is 10.6 Å². The van der Waals surface area contributed by atoms with Crippen molar-refractivity contribution in [1.82, 2.24) is 10.6 Å². The van der Waals surface area contributed by atoms with E-state index < -0.39 is 0 Å². The van der Waals surface area contributed by atoms with Crippen LogP contribution in [0.2, 0.25) is 0 Å². The molecule has 1 aromatic rings. The summed E-state index contributed by atoms with van der Waals surface area (Å²) in [6.07, 6.45) is 0. The van der Waals surface area contributed by atoms with Crippen LogP contribution < -0.4 is 20.1 Å². The number of methoxy groups -OCH3 is 2. The molecule has 0 aliphatic rings. The molecule has 5 heteroatoms. The SMILES string of the molecule is CC.COc1cc(C)cc(OC)c1CNCCNC(C)=O. The highest BCUT2D eigenvalue weighted by Gasteiger charge is 2.10. The highest BCUT2D eigenvalue weighted by Crippen LogP contribution is 2.30. The fourth-order valence-electron chi connectivity index (χ4n) is 1.83. The minimum Gasteiger partial charge on any atom is -0.496 e. The van der Waals surface area contributed by atoms with Crippen LogP contribution in [0, 0.1) is 6.92 Å². The molecule has 1 amide bonds. The Morgan fingerprint density at radius 2 is 1.62 bits per heavy atom. The molecule has 0 saturated heterocycles. The molecule has 0 atom stereocenters. The molecule has 120 valence electrons. The van der Waals surface area contributed by atoms with Gasteiger partial charge in [0.1, 0.15) is 11.5 Å². The highest BCUT2D eigenvalue weighted by atomic mass is 16.5. The summed E-state index contributed by atoms with van der Waals surface area (Å²) in [6, 6.07) is 3.96. The lowest BCUT2D eigenvalue weighted by Crippen LogP contribution is -2.30. The van der Waals surface area contributed by atoms with Crippen LogP contribution in [0.15, 0.2) is 12.1 Å². The Morgan fingerprint density at radius 1 is 1.10 bits per heavy atom. The first-order valence-electron chi connectivity index (χ1n) is 7.25. The normalized spacial score (nSPS) is 9.43. The highest BCUT2D eigenvalue weighted by molar-refractivity contribution is 5.72. The maximum Gasteiger partial charge on any atom is 0.216 e. The van der Waals surface area contributed by atoms with Gasteiger partial charge in [0.15, 0.2) is 0 Å². The van der Waals surface area contributed by atoms with Gasteiger partial charge in [0, 0.05) is 32.1 Å². The summed E-state index contributed by atoms with van der Waals surface area (Å²) in [5, 5.41) is 5.99. The second-order valence-corrected chi connectivity index (χ2v) is 4.31. The second-order valence-electron chi connectivity index (χ2n) is 4.31. The number of hydrogen-bond donors (Lipinski definition) is 2. The number of nitrogens with one attached hydrogen (secondary N) is 2. The van der Waals surface area contributed by atoms with Gasteiger partial charge >= 0.3 is 0 Å². The Morgan fingerprint density at radius 3 is 2.05 bits per heavy atom. The molecule has 0 fully saturated rings. The molecule has 0 aliphatic carbocycles. The van der Waals surface area contributed by atoms with E-state index in [0.29, 0.717) is 19.6 Å². The molecule has 0 heterocycles. The summed E-state index contributed by atoms with van der Waals surface area (Å²) < 4.78 is 10.7. The van der Waals surface area contributed by atoms with Crippen LogP contribution in [0.4, 0.5) is 0 Å². The maximum absolute atomic E-state index is 10.7. The zero-order valence-electron chi connectivity index (χ0n) is 14.0. The minimum atomic E-state index is -0.0210. The van der Waals surface area contributed by atoms with Gasteiger partial charge < -0.3 is 20.1 Å². The molecule has 0 aliphatic heterocycles. The van der Waals surface area contributed by atoms with E-state index in [1.807, 2.05) is 32.9 Å². The van der Waals surface area contributed by atoms with Crippen molar-refractivity contribution in [2.24, 2.45) is 0 Å². The quantitative estimate of drug-likeness (QED) is 0.758. The van der Waals surface area contributed by atoms with Crippen LogP contribution in [0.1, 0.15) is 31.9 Å². The van der Waals surface area contributed by atoms with Crippen LogP contribution in [0.25, 0.3) is 0 Å². The van der Waals surface area contributed by atoms with E-state index in [1.165, 1.54) is 6.92 Å². The number of carbonyl (C=O) groups is 1. The number of carbonyl (C=O) groups excluding carboxylic acids is 1. The maximum atomic E-state index is 10.7. The third kappa shape index (κ3) is 6.99. The molecular formula is C16H28N2O3. The van der Waals surface area contributed by atoms with E-state index in [1.54, 1.807) is 14.2 Å². The summed E-state index contributed by atoms with van der Waals surface area (Å²) in [7, 11) is 3.30. The Bertz CT molecular complexity index is 409. The Hall–Kier alpha value is -1.75. The van der Waals surface area contributed by atoms with Crippen molar-refractivity contribution in [3.05, 3.63) is 23.3 Å². The van der Waals surface area contributed by atoms with Crippen molar-refractivity contribution in [3.8, 4) is 11.5 Å². The molecule has 0 bridgehead atoms. The fourth-order valence-corrected chi connectivity index (χ4v) is 1.83. The average molecular weight is 296 g/mol. The van der Waals surface area contributed by atoms with Crippen LogP contribution in [-0.2, 0) is 11.3 Å². The number of benzene rings is 1. The number of aryl methyl sites for hydroxylation is 1. The van der Waals surface area contributed by atoms with Crippen molar-refractivity contribution in [2.45, 2.75) is 34.2 Å². The zero-order chi connectivity index (χ0) is 16.3. The van der Waals surface area contributed by atoms with Crippen LogP contribution in [0.5, 0.6) is 11.5 Å². The zero-order valence-corrected chi connectivity index (χ0v) is 14.0. The van der Waals surface area contributed by atoms with Gasteiger partial charge in [0.25, 0.3) is 0 Å². The monoisotopic (exact) mass is 296 g/mol. The van der Waals surface area contributed by atoms with Gasteiger partial charge in [-0.15, -0.1) is 0 Å². The van der Waals surface area contributed by atoms with E-state index in [-0.39, 0.29) is 5.91 Å². The van der Waals surface area contributed by atoms with Gasteiger partial charge in [-0.2, -0.15) is 0 Å². The first kappa shape index (κ1) is 19.2. The van der Waals surface area contributed by atoms with Crippen molar-refractivity contribution in [1.29, 1.82) is 0 Å². The van der Waals surface area contributed by atoms with Gasteiger partial charge in [0.05, 0.1) is 14.2 Å². The summed E-state index contributed by atoms with van der Waals surface area (Å²) in [6.45, 7) is 9.43.